The molecule has 34 heavy (non-hydrogen) atoms. The number of esters is 1. The van der Waals surface area contributed by atoms with Gasteiger partial charge in [0.05, 0.1) is 25.4 Å². The van der Waals surface area contributed by atoms with Crippen LogP contribution >= 0.6 is 0 Å². The summed E-state index contributed by atoms with van der Waals surface area (Å²) in [7, 11) is 0. The number of ether oxygens (including phenoxy) is 6. The number of benzene rings is 2. The summed E-state index contributed by atoms with van der Waals surface area (Å²) in [5.74, 6) is -0.655. The summed E-state index contributed by atoms with van der Waals surface area (Å²) in [4.78, 5) is 12.5. The van der Waals surface area contributed by atoms with Crippen molar-refractivity contribution in [2.24, 2.45) is 0 Å². The van der Waals surface area contributed by atoms with Crippen LogP contribution < -0.4 is 14.2 Å². The number of epoxide rings is 2. The highest BCUT2D eigenvalue weighted by molar-refractivity contribution is 5.91. The molecule has 0 spiro atoms. The van der Waals surface area contributed by atoms with Crippen molar-refractivity contribution in [3.05, 3.63) is 53.8 Å². The van der Waals surface area contributed by atoms with E-state index in [1.807, 2.05) is 27.7 Å². The summed E-state index contributed by atoms with van der Waals surface area (Å²) < 4.78 is 48.0. The van der Waals surface area contributed by atoms with E-state index in [2.05, 4.69) is 0 Å². The summed E-state index contributed by atoms with van der Waals surface area (Å²) in [5, 5.41) is 0. The Morgan fingerprint density at radius 1 is 1.06 bits per heavy atom. The van der Waals surface area contributed by atoms with Gasteiger partial charge in [-0.05, 0) is 57.2 Å². The average molecular weight is 475 g/mol. The highest BCUT2D eigenvalue weighted by Crippen LogP contribution is 2.33. The predicted octanol–water partition coefficient (Wildman–Crippen LogP) is 4.91. The molecule has 0 aromatic heterocycles. The number of carbonyl (C=O) groups excluding carboxylic acids is 1. The van der Waals surface area contributed by atoms with Crippen molar-refractivity contribution >= 4 is 5.97 Å². The molecule has 184 valence electrons. The monoisotopic (exact) mass is 474 g/mol. The van der Waals surface area contributed by atoms with Crippen LogP contribution in [0.2, 0.25) is 0 Å². The molecule has 2 heterocycles. The summed E-state index contributed by atoms with van der Waals surface area (Å²) in [6.45, 7) is 9.62. The van der Waals surface area contributed by atoms with Crippen molar-refractivity contribution in [2.45, 2.75) is 64.1 Å². The number of rotatable bonds is 12. The van der Waals surface area contributed by atoms with Crippen molar-refractivity contribution in [1.82, 2.24) is 0 Å². The third-order valence-electron chi connectivity index (χ3n) is 5.97. The van der Waals surface area contributed by atoms with E-state index in [9.17, 15) is 9.18 Å². The lowest BCUT2D eigenvalue weighted by Gasteiger charge is -2.20. The Bertz CT molecular complexity index is 999. The fourth-order valence-corrected chi connectivity index (χ4v) is 3.18. The van der Waals surface area contributed by atoms with Gasteiger partial charge in [0.2, 0.25) is 0 Å². The number of halogens is 1. The second-order valence-corrected chi connectivity index (χ2v) is 9.25. The van der Waals surface area contributed by atoms with Crippen LogP contribution in [0.3, 0.4) is 0 Å². The Hall–Kier alpha value is -2.68. The average Bonchev–Trinajstić information content (AvgIpc) is 3.73. The van der Waals surface area contributed by atoms with Crippen LogP contribution in [0.1, 0.15) is 50.9 Å². The van der Waals surface area contributed by atoms with Crippen molar-refractivity contribution in [1.29, 1.82) is 0 Å². The van der Waals surface area contributed by atoms with Gasteiger partial charge in [-0.15, -0.1) is 0 Å². The van der Waals surface area contributed by atoms with E-state index in [-0.39, 0.29) is 28.6 Å². The molecule has 0 saturated carbocycles. The number of hydrogen-bond donors (Lipinski definition) is 0. The van der Waals surface area contributed by atoms with Gasteiger partial charge in [-0.3, -0.25) is 0 Å². The topological polar surface area (TPSA) is 79.0 Å². The maximum atomic E-state index is 14.6. The van der Waals surface area contributed by atoms with Crippen molar-refractivity contribution in [2.75, 3.05) is 19.8 Å². The summed E-state index contributed by atoms with van der Waals surface area (Å²) in [6.07, 6.45) is 0.860. The molecule has 4 unspecified atom stereocenters. The minimum atomic E-state index is -0.704. The van der Waals surface area contributed by atoms with E-state index in [1.165, 1.54) is 12.1 Å². The molecule has 2 saturated heterocycles. The molecular formula is C26H31FO7. The fraction of sp³-hybridized carbons (Fsp3) is 0.500. The normalized spacial score (nSPS) is 24.7. The standard InChI is InChI=1S/C26H31FO7/c1-5-6-23(29-14-25(3)15-30-25)33-20-11-12-22(21(27)13-20)34-24(28)18-7-9-19(10-8-18)32-17(2)26(4)16-31-26/h7-13,17,23H,5-6,14-16H2,1-4H3. The Morgan fingerprint density at radius 3 is 2.32 bits per heavy atom. The quantitative estimate of drug-likeness (QED) is 0.187. The minimum Gasteiger partial charge on any atom is -0.488 e. The first-order valence-corrected chi connectivity index (χ1v) is 11.5. The molecule has 2 fully saturated rings. The minimum absolute atomic E-state index is 0.118. The Kier molecular flexibility index (Phi) is 7.12. The van der Waals surface area contributed by atoms with Crippen LogP contribution in [0.4, 0.5) is 4.39 Å². The van der Waals surface area contributed by atoms with Crippen LogP contribution in [0.5, 0.6) is 17.2 Å². The largest absolute Gasteiger partial charge is 0.488 e. The van der Waals surface area contributed by atoms with E-state index in [1.54, 1.807) is 30.3 Å². The molecule has 0 bridgehead atoms. The van der Waals surface area contributed by atoms with Crippen LogP contribution in [0.25, 0.3) is 0 Å². The third kappa shape index (κ3) is 6.25. The van der Waals surface area contributed by atoms with E-state index < -0.39 is 18.1 Å². The molecule has 0 radical (unpaired) electrons. The molecule has 0 aliphatic carbocycles. The second kappa shape index (κ2) is 9.90. The highest BCUT2D eigenvalue weighted by atomic mass is 19.1. The molecule has 2 aromatic rings. The van der Waals surface area contributed by atoms with Gasteiger partial charge in [-0.25, -0.2) is 9.18 Å². The molecule has 2 aliphatic heterocycles. The van der Waals surface area contributed by atoms with Gasteiger partial charge in [0, 0.05) is 12.5 Å². The zero-order valence-electron chi connectivity index (χ0n) is 20.0. The Labute approximate surface area is 199 Å². The summed E-state index contributed by atoms with van der Waals surface area (Å²) >= 11 is 0. The summed E-state index contributed by atoms with van der Waals surface area (Å²) in [6, 6.07) is 10.6. The first-order valence-electron chi connectivity index (χ1n) is 11.5. The lowest BCUT2D eigenvalue weighted by Crippen LogP contribution is -2.29. The molecular weight excluding hydrogens is 443 g/mol. The number of hydrogen-bond acceptors (Lipinski definition) is 7. The zero-order valence-corrected chi connectivity index (χ0v) is 20.0. The maximum Gasteiger partial charge on any atom is 0.343 e. The van der Waals surface area contributed by atoms with Crippen LogP contribution in [-0.4, -0.2) is 49.4 Å². The Balaban J connectivity index is 1.32. The van der Waals surface area contributed by atoms with E-state index in [4.69, 9.17) is 28.4 Å². The smallest absolute Gasteiger partial charge is 0.343 e. The summed E-state index contributed by atoms with van der Waals surface area (Å²) in [5.41, 5.74) is -0.247. The molecule has 0 amide bonds. The van der Waals surface area contributed by atoms with Gasteiger partial charge in [0.15, 0.2) is 17.9 Å². The molecule has 2 aromatic carbocycles. The molecule has 0 N–H and O–H groups in total. The van der Waals surface area contributed by atoms with E-state index in [0.29, 0.717) is 37.7 Å². The molecule has 4 atom stereocenters. The molecule has 2 aliphatic rings. The SMILES string of the molecule is CCCC(OCC1(C)CO1)Oc1ccc(OC(=O)c2ccc(OC(C)C3(C)CO3)cc2)c(F)c1. The first-order chi connectivity index (χ1) is 16.2. The van der Waals surface area contributed by atoms with E-state index in [0.717, 1.165) is 6.42 Å². The second-order valence-electron chi connectivity index (χ2n) is 9.25. The van der Waals surface area contributed by atoms with Crippen LogP contribution in [0, 0.1) is 5.82 Å². The zero-order chi connectivity index (χ0) is 24.3. The van der Waals surface area contributed by atoms with Crippen molar-refractivity contribution in [3.63, 3.8) is 0 Å². The van der Waals surface area contributed by atoms with Crippen molar-refractivity contribution in [3.8, 4) is 17.2 Å². The van der Waals surface area contributed by atoms with Gasteiger partial charge in [-0.2, -0.15) is 0 Å². The van der Waals surface area contributed by atoms with Gasteiger partial charge < -0.3 is 28.4 Å². The van der Waals surface area contributed by atoms with Gasteiger partial charge in [0.25, 0.3) is 0 Å². The van der Waals surface area contributed by atoms with Crippen LogP contribution in [-0.2, 0) is 14.2 Å². The van der Waals surface area contributed by atoms with Crippen LogP contribution in [0.15, 0.2) is 42.5 Å². The number of carbonyl (C=O) groups is 1. The molecule has 7 nitrogen and oxygen atoms in total. The Morgan fingerprint density at radius 2 is 1.74 bits per heavy atom. The van der Waals surface area contributed by atoms with Gasteiger partial charge in [0.1, 0.15) is 28.8 Å². The third-order valence-corrected chi connectivity index (χ3v) is 5.97. The highest BCUT2D eigenvalue weighted by Gasteiger charge is 2.46. The first kappa shape index (κ1) is 24.4. The maximum absolute atomic E-state index is 14.6. The fourth-order valence-electron chi connectivity index (χ4n) is 3.18. The predicted molar refractivity (Wildman–Crippen MR) is 122 cm³/mol. The molecule has 4 rings (SSSR count). The van der Waals surface area contributed by atoms with Gasteiger partial charge >= 0.3 is 5.97 Å². The molecule has 8 heteroatoms. The lowest BCUT2D eigenvalue weighted by atomic mass is 10.1. The van der Waals surface area contributed by atoms with Gasteiger partial charge in [-0.1, -0.05) is 13.3 Å². The van der Waals surface area contributed by atoms with Crippen molar-refractivity contribution < 1.29 is 37.6 Å². The lowest BCUT2D eigenvalue weighted by molar-refractivity contribution is -0.0978. The van der Waals surface area contributed by atoms with E-state index >= 15 is 0 Å².